The van der Waals surface area contributed by atoms with Crippen LogP contribution in [0.5, 0.6) is 0 Å². The average Bonchev–Trinajstić information content (AvgIpc) is 3.05. The third-order valence-corrected chi connectivity index (χ3v) is 4.38. The van der Waals surface area contributed by atoms with Gasteiger partial charge in [0.25, 0.3) is 0 Å². The molecule has 2 atom stereocenters. The molecule has 1 aliphatic rings. The van der Waals surface area contributed by atoms with Crippen LogP contribution in [0.2, 0.25) is 0 Å². The van der Waals surface area contributed by atoms with E-state index < -0.39 is 0 Å². The number of benzene rings is 1. The summed E-state index contributed by atoms with van der Waals surface area (Å²) in [6.45, 7) is 4.44. The number of likely N-dealkylation sites (tertiary alicyclic amines) is 1. The van der Waals surface area contributed by atoms with Crippen molar-refractivity contribution in [2.75, 3.05) is 11.9 Å². The zero-order valence-electron chi connectivity index (χ0n) is 11.0. The summed E-state index contributed by atoms with van der Waals surface area (Å²) in [6, 6.07) is 11.6. The van der Waals surface area contributed by atoms with Gasteiger partial charge < -0.3 is 5.32 Å². The lowest BCUT2D eigenvalue weighted by Gasteiger charge is -2.24. The Labute approximate surface area is 117 Å². The Hall–Kier alpha value is -1.46. The molecule has 0 bridgehead atoms. The lowest BCUT2D eigenvalue weighted by Crippen LogP contribution is -2.35. The largest absolute Gasteiger partial charge is 0.356 e. The molecule has 1 fully saturated rings. The molecular formula is C14H18N4S. The number of rotatable bonds is 4. The van der Waals surface area contributed by atoms with Crippen molar-refractivity contribution in [3.8, 4) is 0 Å². The number of hydrogen-bond donors (Lipinski definition) is 1. The van der Waals surface area contributed by atoms with Crippen LogP contribution in [0.15, 0.2) is 36.7 Å². The molecule has 0 radical (unpaired) electrons. The van der Waals surface area contributed by atoms with Crippen molar-refractivity contribution in [2.24, 2.45) is 0 Å². The second kappa shape index (κ2) is 5.67. The Morgan fingerprint density at radius 2 is 2.21 bits per heavy atom. The quantitative estimate of drug-likeness (QED) is 0.930. The first kappa shape index (κ1) is 12.6. The molecule has 1 saturated heterocycles. The summed E-state index contributed by atoms with van der Waals surface area (Å²) < 4.78 is 4.03. The van der Waals surface area contributed by atoms with E-state index >= 15 is 0 Å². The molecule has 0 spiro atoms. The standard InChI is InChI=1S/C14H18N4S/c1-11-13(17-14-15-10-16-19-14)7-8-18(11)9-12-5-3-2-4-6-12/h2-6,10-11,13H,7-9H2,1H3,(H,15,16,17). The van der Waals surface area contributed by atoms with E-state index in [0.29, 0.717) is 12.1 Å². The number of nitrogens with zero attached hydrogens (tertiary/aromatic N) is 3. The Morgan fingerprint density at radius 3 is 2.95 bits per heavy atom. The molecule has 1 aromatic heterocycles. The Morgan fingerprint density at radius 1 is 1.37 bits per heavy atom. The van der Waals surface area contributed by atoms with Gasteiger partial charge in [-0.15, -0.1) is 0 Å². The first-order chi connectivity index (χ1) is 9.33. The highest BCUT2D eigenvalue weighted by molar-refractivity contribution is 7.09. The zero-order valence-corrected chi connectivity index (χ0v) is 11.8. The molecule has 0 saturated carbocycles. The Bertz CT molecular complexity index is 499. The Kier molecular flexibility index (Phi) is 3.75. The molecular weight excluding hydrogens is 256 g/mol. The van der Waals surface area contributed by atoms with Crippen molar-refractivity contribution in [3.05, 3.63) is 42.2 Å². The lowest BCUT2D eigenvalue weighted by molar-refractivity contribution is 0.255. The number of aromatic nitrogens is 2. The van der Waals surface area contributed by atoms with E-state index in [9.17, 15) is 0 Å². The molecule has 2 heterocycles. The minimum absolute atomic E-state index is 0.469. The van der Waals surface area contributed by atoms with Gasteiger partial charge in [0.1, 0.15) is 6.33 Å². The van der Waals surface area contributed by atoms with Gasteiger partial charge in [-0.1, -0.05) is 30.3 Å². The van der Waals surface area contributed by atoms with Gasteiger partial charge in [-0.3, -0.25) is 4.90 Å². The summed E-state index contributed by atoms with van der Waals surface area (Å²) in [4.78, 5) is 6.72. The van der Waals surface area contributed by atoms with Crippen LogP contribution in [-0.2, 0) is 6.54 Å². The summed E-state index contributed by atoms with van der Waals surface area (Å²) in [7, 11) is 0. The first-order valence-corrected chi connectivity index (χ1v) is 7.41. The average molecular weight is 274 g/mol. The van der Waals surface area contributed by atoms with Gasteiger partial charge in [-0.2, -0.15) is 4.37 Å². The van der Waals surface area contributed by atoms with Crippen LogP contribution >= 0.6 is 11.5 Å². The van der Waals surface area contributed by atoms with Crippen molar-refractivity contribution >= 4 is 16.7 Å². The molecule has 1 aliphatic heterocycles. The molecule has 2 unspecified atom stereocenters. The maximum atomic E-state index is 4.20. The van der Waals surface area contributed by atoms with E-state index in [4.69, 9.17) is 0 Å². The van der Waals surface area contributed by atoms with E-state index in [-0.39, 0.29) is 0 Å². The number of hydrogen-bond acceptors (Lipinski definition) is 5. The molecule has 4 nitrogen and oxygen atoms in total. The van der Waals surface area contributed by atoms with Gasteiger partial charge >= 0.3 is 0 Å². The predicted octanol–water partition coefficient (Wildman–Crippen LogP) is 2.61. The molecule has 1 N–H and O–H groups in total. The van der Waals surface area contributed by atoms with Crippen LogP contribution in [0, 0.1) is 0 Å². The molecule has 19 heavy (non-hydrogen) atoms. The Balaban J connectivity index is 1.60. The third-order valence-electron chi connectivity index (χ3n) is 3.78. The van der Waals surface area contributed by atoms with Crippen LogP contribution in [0.1, 0.15) is 18.9 Å². The van der Waals surface area contributed by atoms with Gasteiger partial charge in [-0.05, 0) is 18.9 Å². The van der Waals surface area contributed by atoms with E-state index in [1.807, 2.05) is 0 Å². The normalized spacial score (nSPS) is 23.6. The summed E-state index contributed by atoms with van der Waals surface area (Å²) in [5.41, 5.74) is 1.38. The predicted molar refractivity (Wildman–Crippen MR) is 78.3 cm³/mol. The second-order valence-corrected chi connectivity index (χ2v) is 5.76. The lowest BCUT2D eigenvalue weighted by atomic mass is 10.1. The van der Waals surface area contributed by atoms with Crippen LogP contribution in [0.3, 0.4) is 0 Å². The van der Waals surface area contributed by atoms with Gasteiger partial charge in [0.15, 0.2) is 0 Å². The molecule has 2 aromatic rings. The fraction of sp³-hybridized carbons (Fsp3) is 0.429. The molecule has 0 amide bonds. The van der Waals surface area contributed by atoms with Crippen molar-refractivity contribution < 1.29 is 0 Å². The molecule has 100 valence electrons. The minimum Gasteiger partial charge on any atom is -0.356 e. The van der Waals surface area contributed by atoms with E-state index in [2.05, 4.69) is 56.8 Å². The van der Waals surface area contributed by atoms with E-state index in [1.165, 1.54) is 17.1 Å². The highest BCUT2D eigenvalue weighted by Gasteiger charge is 2.30. The number of nitrogens with one attached hydrogen (secondary N) is 1. The SMILES string of the molecule is CC1C(Nc2ncns2)CCN1Cc1ccccc1. The zero-order chi connectivity index (χ0) is 13.1. The summed E-state index contributed by atoms with van der Waals surface area (Å²) in [5, 5.41) is 4.42. The van der Waals surface area contributed by atoms with Crippen LogP contribution in [-0.4, -0.2) is 32.9 Å². The smallest absolute Gasteiger partial charge is 0.202 e. The monoisotopic (exact) mass is 274 g/mol. The highest BCUT2D eigenvalue weighted by Crippen LogP contribution is 2.23. The fourth-order valence-electron chi connectivity index (χ4n) is 2.63. The van der Waals surface area contributed by atoms with Gasteiger partial charge in [0.2, 0.25) is 5.13 Å². The van der Waals surface area contributed by atoms with E-state index in [1.54, 1.807) is 6.33 Å². The van der Waals surface area contributed by atoms with Crippen molar-refractivity contribution in [1.29, 1.82) is 0 Å². The van der Waals surface area contributed by atoms with Crippen molar-refractivity contribution in [1.82, 2.24) is 14.3 Å². The van der Waals surface area contributed by atoms with Crippen LogP contribution in [0.4, 0.5) is 5.13 Å². The summed E-state index contributed by atoms with van der Waals surface area (Å²) >= 11 is 1.43. The van der Waals surface area contributed by atoms with Crippen LogP contribution in [0.25, 0.3) is 0 Å². The molecule has 0 aliphatic carbocycles. The van der Waals surface area contributed by atoms with Crippen molar-refractivity contribution in [2.45, 2.75) is 32.0 Å². The molecule has 1 aromatic carbocycles. The highest BCUT2D eigenvalue weighted by atomic mass is 32.1. The van der Waals surface area contributed by atoms with Gasteiger partial charge in [0.05, 0.1) is 0 Å². The van der Waals surface area contributed by atoms with Gasteiger partial charge in [0, 0.05) is 36.7 Å². The first-order valence-electron chi connectivity index (χ1n) is 6.64. The maximum absolute atomic E-state index is 4.20. The maximum Gasteiger partial charge on any atom is 0.202 e. The van der Waals surface area contributed by atoms with Gasteiger partial charge in [-0.25, -0.2) is 4.98 Å². The molecule has 5 heteroatoms. The van der Waals surface area contributed by atoms with E-state index in [0.717, 1.165) is 24.6 Å². The summed E-state index contributed by atoms with van der Waals surface area (Å²) in [5.74, 6) is 0. The fourth-order valence-corrected chi connectivity index (χ4v) is 3.13. The third kappa shape index (κ3) is 2.93. The minimum atomic E-state index is 0.469. The van der Waals surface area contributed by atoms with Crippen LogP contribution < -0.4 is 5.32 Å². The summed E-state index contributed by atoms with van der Waals surface area (Å²) in [6.07, 6.45) is 2.77. The number of anilines is 1. The molecule has 3 rings (SSSR count). The topological polar surface area (TPSA) is 41.1 Å². The van der Waals surface area contributed by atoms with Crippen molar-refractivity contribution in [3.63, 3.8) is 0 Å². The second-order valence-electron chi connectivity index (χ2n) is 4.98.